The largest absolute Gasteiger partial charge is 0.391 e. The zero-order valence-electron chi connectivity index (χ0n) is 6.70. The molecule has 0 aliphatic rings. The molecule has 0 saturated heterocycles. The van der Waals surface area contributed by atoms with E-state index in [2.05, 4.69) is 31.9 Å². The van der Waals surface area contributed by atoms with Crippen LogP contribution >= 0.6 is 43.2 Å². The van der Waals surface area contributed by atoms with Gasteiger partial charge in [-0.05, 0) is 31.9 Å². The van der Waals surface area contributed by atoms with Crippen molar-refractivity contribution in [2.24, 2.45) is 0 Å². The average molecular weight is 320 g/mol. The van der Waals surface area contributed by atoms with Crippen molar-refractivity contribution in [2.75, 3.05) is 0 Å². The summed E-state index contributed by atoms with van der Waals surface area (Å²) in [5.41, 5.74) is 0. The van der Waals surface area contributed by atoms with Crippen LogP contribution in [-0.4, -0.2) is 5.11 Å². The number of rotatable bonds is 1. The van der Waals surface area contributed by atoms with Crippen molar-refractivity contribution in [1.82, 2.24) is 0 Å². The van der Waals surface area contributed by atoms with Crippen LogP contribution in [0.5, 0.6) is 0 Å². The molecule has 0 atom stereocenters. The summed E-state index contributed by atoms with van der Waals surface area (Å²) in [4.78, 5) is 0.346. The predicted molar refractivity (Wildman–Crippen MR) is 56.9 cm³/mol. The molecule has 1 rings (SSSR count). The lowest BCUT2D eigenvalue weighted by Gasteiger charge is -1.85. The highest BCUT2D eigenvalue weighted by Crippen LogP contribution is 2.35. The Kier molecular flexibility index (Phi) is 6.35. The van der Waals surface area contributed by atoms with E-state index >= 15 is 0 Å². The molecule has 5 heteroatoms. The standard InChI is InChI=1S/C5H3Br2FOS.C2H6/c6-3-4(8)2(1-9)10-5(3)7;1-2/h9H,1H2;1-2H3. The molecule has 0 radical (unpaired) electrons. The smallest absolute Gasteiger partial charge is 0.154 e. The number of thiophene rings is 1. The fourth-order valence-electron chi connectivity index (χ4n) is 0.508. The van der Waals surface area contributed by atoms with E-state index in [1.54, 1.807) is 0 Å². The third-order valence-corrected chi connectivity index (χ3v) is 4.33. The molecule has 12 heavy (non-hydrogen) atoms. The first-order valence-corrected chi connectivity index (χ1v) is 5.80. The second-order valence-corrected chi connectivity index (χ2v) is 4.80. The molecule has 1 N–H and O–H groups in total. The SMILES string of the molecule is CC.OCc1sc(Br)c(Br)c1F. The van der Waals surface area contributed by atoms with E-state index in [9.17, 15) is 4.39 Å². The van der Waals surface area contributed by atoms with Crippen LogP contribution in [0.2, 0.25) is 0 Å². The summed E-state index contributed by atoms with van der Waals surface area (Å²) in [5.74, 6) is -0.376. The van der Waals surface area contributed by atoms with Gasteiger partial charge < -0.3 is 5.11 Å². The van der Waals surface area contributed by atoms with Crippen molar-refractivity contribution in [3.8, 4) is 0 Å². The molecule has 70 valence electrons. The van der Waals surface area contributed by atoms with Crippen LogP contribution in [0.25, 0.3) is 0 Å². The number of aliphatic hydroxyl groups excluding tert-OH is 1. The Morgan fingerprint density at radius 3 is 2.08 bits per heavy atom. The first kappa shape index (κ1) is 12.6. The zero-order chi connectivity index (χ0) is 9.72. The van der Waals surface area contributed by atoms with Crippen LogP contribution in [0, 0.1) is 5.82 Å². The van der Waals surface area contributed by atoms with Crippen molar-refractivity contribution in [2.45, 2.75) is 20.5 Å². The normalized spacial score (nSPS) is 9.17. The number of halogens is 3. The quantitative estimate of drug-likeness (QED) is 0.831. The Morgan fingerprint density at radius 1 is 1.42 bits per heavy atom. The van der Waals surface area contributed by atoms with Gasteiger partial charge in [-0.1, -0.05) is 13.8 Å². The van der Waals surface area contributed by atoms with E-state index in [1.807, 2.05) is 13.8 Å². The zero-order valence-corrected chi connectivity index (χ0v) is 10.7. The van der Waals surface area contributed by atoms with Crippen LogP contribution in [-0.2, 0) is 6.61 Å². The lowest BCUT2D eigenvalue weighted by molar-refractivity contribution is 0.280. The monoisotopic (exact) mass is 318 g/mol. The topological polar surface area (TPSA) is 20.2 Å². The van der Waals surface area contributed by atoms with Gasteiger partial charge in [0.1, 0.15) is 0 Å². The Labute approximate surface area is 91.9 Å². The van der Waals surface area contributed by atoms with E-state index < -0.39 is 0 Å². The van der Waals surface area contributed by atoms with Crippen molar-refractivity contribution in [1.29, 1.82) is 0 Å². The van der Waals surface area contributed by atoms with Crippen LogP contribution in [0.3, 0.4) is 0 Å². The average Bonchev–Trinajstić information content (AvgIpc) is 2.36. The van der Waals surface area contributed by atoms with Crippen LogP contribution in [0.15, 0.2) is 8.26 Å². The van der Waals surface area contributed by atoms with Gasteiger partial charge in [0, 0.05) is 0 Å². The van der Waals surface area contributed by atoms with E-state index in [1.165, 1.54) is 11.3 Å². The van der Waals surface area contributed by atoms with E-state index in [0.717, 1.165) is 0 Å². The predicted octanol–water partition coefficient (Wildman–Crippen LogP) is 3.93. The maximum absolute atomic E-state index is 12.8. The highest BCUT2D eigenvalue weighted by atomic mass is 79.9. The minimum absolute atomic E-state index is 0.249. The van der Waals surface area contributed by atoms with Gasteiger partial charge in [-0.25, -0.2) is 4.39 Å². The molecule has 0 bridgehead atoms. The van der Waals surface area contributed by atoms with Gasteiger partial charge >= 0.3 is 0 Å². The second kappa shape index (κ2) is 6.07. The summed E-state index contributed by atoms with van der Waals surface area (Å²) in [5, 5.41) is 8.58. The lowest BCUT2D eigenvalue weighted by atomic mass is 10.5. The Balaban J connectivity index is 0.000000561. The molecule has 0 aliphatic heterocycles. The molecule has 0 aliphatic carbocycles. The van der Waals surface area contributed by atoms with Crippen molar-refractivity contribution in [3.63, 3.8) is 0 Å². The molecule has 1 heterocycles. The molecule has 0 saturated carbocycles. The molecule has 1 nitrogen and oxygen atoms in total. The van der Waals surface area contributed by atoms with Gasteiger partial charge in [0.25, 0.3) is 0 Å². The highest BCUT2D eigenvalue weighted by Gasteiger charge is 2.12. The van der Waals surface area contributed by atoms with E-state index in [0.29, 0.717) is 13.1 Å². The van der Waals surface area contributed by atoms with Crippen LogP contribution in [0.4, 0.5) is 4.39 Å². The molecule has 0 amide bonds. The van der Waals surface area contributed by atoms with Crippen LogP contribution in [0.1, 0.15) is 18.7 Å². The molecular weight excluding hydrogens is 311 g/mol. The number of hydrogen-bond acceptors (Lipinski definition) is 2. The number of hydrogen-bond donors (Lipinski definition) is 1. The Morgan fingerprint density at radius 2 is 1.92 bits per heavy atom. The van der Waals surface area contributed by atoms with Crippen molar-refractivity contribution in [3.05, 3.63) is 19.0 Å². The highest BCUT2D eigenvalue weighted by molar-refractivity contribution is 9.13. The van der Waals surface area contributed by atoms with Gasteiger partial charge in [0.15, 0.2) is 5.82 Å². The third kappa shape index (κ3) is 2.80. The lowest BCUT2D eigenvalue weighted by Crippen LogP contribution is -1.79. The Bertz CT molecular complexity index is 250. The summed E-state index contributed by atoms with van der Waals surface area (Å²) in [6, 6.07) is 0. The molecule has 0 spiro atoms. The molecular formula is C7H9Br2FOS. The summed E-state index contributed by atoms with van der Waals surface area (Å²) in [6.45, 7) is 3.75. The fourth-order valence-corrected chi connectivity index (χ4v) is 2.53. The summed E-state index contributed by atoms with van der Waals surface area (Å²) < 4.78 is 13.9. The molecule has 1 aromatic rings. The second-order valence-electron chi connectivity index (χ2n) is 1.59. The summed E-state index contributed by atoms with van der Waals surface area (Å²) >= 11 is 7.33. The van der Waals surface area contributed by atoms with Gasteiger partial charge in [-0.2, -0.15) is 0 Å². The molecule has 0 aromatic carbocycles. The van der Waals surface area contributed by atoms with Gasteiger partial charge in [-0.15, -0.1) is 11.3 Å². The maximum Gasteiger partial charge on any atom is 0.154 e. The summed E-state index contributed by atoms with van der Waals surface area (Å²) in [7, 11) is 0. The van der Waals surface area contributed by atoms with Gasteiger partial charge in [-0.3, -0.25) is 0 Å². The minimum atomic E-state index is -0.376. The molecule has 0 fully saturated rings. The first-order chi connectivity index (χ1) is 5.66. The third-order valence-electron chi connectivity index (χ3n) is 0.966. The molecule has 1 aromatic heterocycles. The number of aliphatic hydroxyl groups is 1. The summed E-state index contributed by atoms with van der Waals surface area (Å²) in [6.07, 6.45) is 0. The van der Waals surface area contributed by atoms with Crippen molar-refractivity contribution >= 4 is 43.2 Å². The maximum atomic E-state index is 12.8. The van der Waals surface area contributed by atoms with Crippen LogP contribution < -0.4 is 0 Å². The first-order valence-electron chi connectivity index (χ1n) is 3.39. The van der Waals surface area contributed by atoms with Gasteiger partial charge in [0.05, 0.1) is 19.7 Å². The van der Waals surface area contributed by atoms with E-state index in [4.69, 9.17) is 5.11 Å². The Hall–Kier alpha value is 0.550. The molecule has 0 unspecified atom stereocenters. The van der Waals surface area contributed by atoms with E-state index in [-0.39, 0.29) is 12.4 Å². The fraction of sp³-hybridized carbons (Fsp3) is 0.429. The van der Waals surface area contributed by atoms with Crippen molar-refractivity contribution < 1.29 is 9.50 Å². The van der Waals surface area contributed by atoms with Gasteiger partial charge in [0.2, 0.25) is 0 Å². The minimum Gasteiger partial charge on any atom is -0.391 e.